The van der Waals surface area contributed by atoms with Crippen LogP contribution in [0.4, 0.5) is 17.1 Å². The first kappa shape index (κ1) is 27.6. The van der Waals surface area contributed by atoms with Crippen molar-refractivity contribution < 1.29 is 4.42 Å². The SMILES string of the molecule is c1ccc(-n2c3ccccc3c3ccc(N(c4ccc5c(c4)sc4ccccc45)c4ccc5oc6cc7ccccc7cc6c5c4)cc32)cc1. The van der Waals surface area contributed by atoms with Crippen LogP contribution in [0.25, 0.3) is 80.4 Å². The fourth-order valence-corrected chi connectivity index (χ4v) is 8.98. The summed E-state index contributed by atoms with van der Waals surface area (Å²) in [5, 5.41) is 9.69. The van der Waals surface area contributed by atoms with Crippen LogP contribution in [0.5, 0.6) is 0 Å². The summed E-state index contributed by atoms with van der Waals surface area (Å²) in [6, 6.07) is 61.4. The van der Waals surface area contributed by atoms with Crippen molar-refractivity contribution in [1.82, 2.24) is 4.57 Å². The van der Waals surface area contributed by atoms with Gasteiger partial charge in [-0.1, -0.05) is 91.0 Å². The second-order valence-electron chi connectivity index (χ2n) is 13.0. The van der Waals surface area contributed by atoms with Crippen LogP contribution in [-0.4, -0.2) is 4.57 Å². The summed E-state index contributed by atoms with van der Waals surface area (Å²) < 4.78 is 11.4. The number of thiophene rings is 1. The molecule has 0 bridgehead atoms. The Morgan fingerprint density at radius 1 is 0.400 bits per heavy atom. The van der Waals surface area contributed by atoms with E-state index in [1.807, 2.05) is 11.3 Å². The fraction of sp³-hybridized carbons (Fsp3) is 0. The number of hydrogen-bond acceptors (Lipinski definition) is 3. The second-order valence-corrected chi connectivity index (χ2v) is 14.1. The molecule has 4 heteroatoms. The van der Waals surface area contributed by atoms with Crippen molar-refractivity contribution in [3.05, 3.63) is 170 Å². The molecular formula is C46H28N2OS. The maximum Gasteiger partial charge on any atom is 0.136 e. The van der Waals surface area contributed by atoms with Gasteiger partial charge in [-0.2, -0.15) is 0 Å². The molecule has 0 spiro atoms. The summed E-state index contributed by atoms with van der Waals surface area (Å²) in [6.45, 7) is 0. The van der Waals surface area contributed by atoms with Gasteiger partial charge in [-0.05, 0) is 89.6 Å². The standard InChI is InChI=1S/C46H28N2OS/c1-2-12-31(13-3-1)48-41-16-8-6-14-35(41)36-21-18-33(27-42(36)48)47(34-19-22-38-37-15-7-9-17-45(37)50-46(38)28-34)32-20-23-43-40(26-32)39-24-29-10-4-5-11-30(29)25-44(39)49-43/h1-28H. The van der Waals surface area contributed by atoms with Gasteiger partial charge in [-0.25, -0.2) is 0 Å². The van der Waals surface area contributed by atoms with Gasteiger partial charge < -0.3 is 13.9 Å². The molecule has 8 aromatic carbocycles. The topological polar surface area (TPSA) is 21.3 Å². The molecule has 0 fully saturated rings. The highest BCUT2D eigenvalue weighted by Gasteiger charge is 2.20. The van der Waals surface area contributed by atoms with E-state index in [2.05, 4.69) is 179 Å². The van der Waals surface area contributed by atoms with E-state index in [1.165, 1.54) is 52.8 Å². The Kier molecular flexibility index (Phi) is 5.83. The van der Waals surface area contributed by atoms with Crippen molar-refractivity contribution in [1.29, 1.82) is 0 Å². The molecule has 0 radical (unpaired) electrons. The van der Waals surface area contributed by atoms with E-state index in [0.717, 1.165) is 44.7 Å². The molecule has 0 saturated heterocycles. The predicted octanol–water partition coefficient (Wildman–Crippen LogP) is 13.7. The number of rotatable bonds is 4. The largest absolute Gasteiger partial charge is 0.456 e. The van der Waals surface area contributed by atoms with Gasteiger partial charge in [0.2, 0.25) is 0 Å². The molecular weight excluding hydrogens is 629 g/mol. The molecule has 0 aliphatic rings. The maximum atomic E-state index is 6.43. The molecule has 0 atom stereocenters. The first-order chi connectivity index (χ1) is 24.8. The lowest BCUT2D eigenvalue weighted by Crippen LogP contribution is -2.10. The van der Waals surface area contributed by atoms with Crippen molar-refractivity contribution in [2.45, 2.75) is 0 Å². The summed E-state index contributed by atoms with van der Waals surface area (Å²) in [7, 11) is 0. The molecule has 0 amide bonds. The molecule has 0 N–H and O–H groups in total. The highest BCUT2D eigenvalue weighted by Crippen LogP contribution is 2.44. The lowest BCUT2D eigenvalue weighted by molar-refractivity contribution is 0.669. The Hall–Kier alpha value is -6.36. The summed E-state index contributed by atoms with van der Waals surface area (Å²) in [5.74, 6) is 0. The van der Waals surface area contributed by atoms with E-state index < -0.39 is 0 Å². The van der Waals surface area contributed by atoms with E-state index in [0.29, 0.717) is 0 Å². The van der Waals surface area contributed by atoms with Crippen molar-refractivity contribution in [3.8, 4) is 5.69 Å². The number of benzene rings is 8. The third-order valence-electron chi connectivity index (χ3n) is 10.1. The van der Waals surface area contributed by atoms with Crippen LogP contribution >= 0.6 is 11.3 Å². The van der Waals surface area contributed by atoms with Crippen LogP contribution in [0.2, 0.25) is 0 Å². The van der Waals surface area contributed by atoms with Crippen LogP contribution < -0.4 is 4.90 Å². The molecule has 11 rings (SSSR count). The lowest BCUT2D eigenvalue weighted by Gasteiger charge is -2.26. The molecule has 0 saturated carbocycles. The van der Waals surface area contributed by atoms with E-state index in [1.54, 1.807) is 0 Å². The third-order valence-corrected chi connectivity index (χ3v) is 11.3. The molecule has 3 nitrogen and oxygen atoms in total. The number of hydrogen-bond donors (Lipinski definition) is 0. The van der Waals surface area contributed by atoms with E-state index in [-0.39, 0.29) is 0 Å². The van der Waals surface area contributed by atoms with Gasteiger partial charge in [0.1, 0.15) is 11.2 Å². The molecule has 11 aromatic rings. The maximum absolute atomic E-state index is 6.43. The molecule has 3 heterocycles. The third kappa shape index (κ3) is 4.09. The molecule has 0 unspecified atom stereocenters. The van der Waals surface area contributed by atoms with Gasteiger partial charge >= 0.3 is 0 Å². The van der Waals surface area contributed by atoms with E-state index >= 15 is 0 Å². The van der Waals surface area contributed by atoms with Crippen molar-refractivity contribution >= 4 is 103 Å². The van der Waals surface area contributed by atoms with Crippen molar-refractivity contribution in [3.63, 3.8) is 0 Å². The number of para-hydroxylation sites is 2. The Labute approximate surface area is 291 Å². The Balaban J connectivity index is 1.18. The van der Waals surface area contributed by atoms with Gasteiger partial charge in [0.05, 0.1) is 11.0 Å². The van der Waals surface area contributed by atoms with Gasteiger partial charge in [-0.3, -0.25) is 0 Å². The van der Waals surface area contributed by atoms with Gasteiger partial charge in [-0.15, -0.1) is 11.3 Å². The highest BCUT2D eigenvalue weighted by molar-refractivity contribution is 7.25. The van der Waals surface area contributed by atoms with Crippen LogP contribution in [0.15, 0.2) is 174 Å². The highest BCUT2D eigenvalue weighted by atomic mass is 32.1. The zero-order chi connectivity index (χ0) is 32.8. The summed E-state index contributed by atoms with van der Waals surface area (Å²) >= 11 is 1.85. The van der Waals surface area contributed by atoms with Crippen LogP contribution in [0.3, 0.4) is 0 Å². The van der Waals surface area contributed by atoms with Crippen molar-refractivity contribution in [2.75, 3.05) is 4.90 Å². The molecule has 3 aromatic heterocycles. The quantitative estimate of drug-likeness (QED) is 0.188. The second kappa shape index (κ2) is 10.6. The fourth-order valence-electron chi connectivity index (χ4n) is 7.84. The predicted molar refractivity (Wildman–Crippen MR) is 213 cm³/mol. The zero-order valence-electron chi connectivity index (χ0n) is 26.9. The Morgan fingerprint density at radius 2 is 1.02 bits per heavy atom. The number of aromatic nitrogens is 1. The smallest absolute Gasteiger partial charge is 0.136 e. The Morgan fingerprint density at radius 3 is 1.90 bits per heavy atom. The number of furan rings is 1. The minimum absolute atomic E-state index is 0.888. The van der Waals surface area contributed by atoms with Crippen LogP contribution in [-0.2, 0) is 0 Å². The van der Waals surface area contributed by atoms with E-state index in [4.69, 9.17) is 4.42 Å². The number of anilines is 3. The molecule has 0 aliphatic carbocycles. The minimum Gasteiger partial charge on any atom is -0.456 e. The van der Waals surface area contributed by atoms with E-state index in [9.17, 15) is 0 Å². The normalized spacial score (nSPS) is 12.0. The van der Waals surface area contributed by atoms with Crippen LogP contribution in [0, 0.1) is 0 Å². The van der Waals surface area contributed by atoms with Gasteiger partial charge in [0, 0.05) is 64.5 Å². The minimum atomic E-state index is 0.888. The van der Waals surface area contributed by atoms with Gasteiger partial charge in [0.25, 0.3) is 0 Å². The number of nitrogens with zero attached hydrogens (tertiary/aromatic N) is 2. The Bertz CT molecular complexity index is 3110. The average Bonchev–Trinajstić information content (AvgIpc) is 3.83. The lowest BCUT2D eigenvalue weighted by atomic mass is 10.1. The average molecular weight is 657 g/mol. The summed E-state index contributed by atoms with van der Waals surface area (Å²) in [6.07, 6.45) is 0. The van der Waals surface area contributed by atoms with Crippen molar-refractivity contribution in [2.24, 2.45) is 0 Å². The first-order valence-electron chi connectivity index (χ1n) is 16.9. The number of fused-ring (bicyclic) bond motifs is 10. The summed E-state index contributed by atoms with van der Waals surface area (Å²) in [4.78, 5) is 2.40. The first-order valence-corrected chi connectivity index (χ1v) is 17.7. The molecule has 0 aliphatic heterocycles. The summed E-state index contributed by atoms with van der Waals surface area (Å²) in [5.41, 5.74) is 8.59. The monoisotopic (exact) mass is 656 g/mol. The molecule has 50 heavy (non-hydrogen) atoms. The van der Waals surface area contributed by atoms with Gasteiger partial charge in [0.15, 0.2) is 0 Å². The van der Waals surface area contributed by atoms with Crippen LogP contribution in [0.1, 0.15) is 0 Å². The molecule has 234 valence electrons. The zero-order valence-corrected chi connectivity index (χ0v) is 27.7.